The van der Waals surface area contributed by atoms with E-state index < -0.39 is 52.3 Å². The number of anilines is 1. The number of sulfone groups is 1. The van der Waals surface area contributed by atoms with Crippen molar-refractivity contribution >= 4 is 27.3 Å². The summed E-state index contributed by atoms with van der Waals surface area (Å²) in [5, 5.41) is 9.85. The molecule has 1 atom stereocenters. The molecule has 0 spiro atoms. The van der Waals surface area contributed by atoms with Crippen molar-refractivity contribution in [1.29, 1.82) is 0 Å². The topological polar surface area (TPSA) is 129 Å². The van der Waals surface area contributed by atoms with Gasteiger partial charge >= 0.3 is 12.8 Å². The van der Waals surface area contributed by atoms with Gasteiger partial charge in [-0.25, -0.2) is 8.42 Å². The van der Waals surface area contributed by atoms with Gasteiger partial charge in [0.2, 0.25) is 5.91 Å². The van der Waals surface area contributed by atoms with Crippen LogP contribution in [-0.2, 0) is 33.1 Å². The quantitative estimate of drug-likeness (QED) is 0.320. The Morgan fingerprint density at radius 3 is 2.40 bits per heavy atom. The summed E-state index contributed by atoms with van der Waals surface area (Å²) < 4.78 is 97.2. The first-order valence-electron chi connectivity index (χ1n) is 12.8. The molecule has 0 saturated carbocycles. The molecule has 4 rings (SSSR count). The fourth-order valence-corrected chi connectivity index (χ4v) is 5.34. The number of halogens is 5. The molecule has 10 nitrogen and oxygen atoms in total. The number of aromatic nitrogens is 2. The number of carbonyl (C=O) groups is 2. The van der Waals surface area contributed by atoms with Gasteiger partial charge in [0.05, 0.1) is 12.1 Å². The van der Waals surface area contributed by atoms with E-state index in [0.717, 1.165) is 6.26 Å². The van der Waals surface area contributed by atoms with Crippen LogP contribution in [0, 0.1) is 0 Å². The number of amides is 2. The Bertz CT molecular complexity index is 1640. The molecule has 232 valence electrons. The summed E-state index contributed by atoms with van der Waals surface area (Å²) in [5.41, 5.74) is 0.244. The molecule has 1 aromatic heterocycles. The number of benzene rings is 2. The van der Waals surface area contributed by atoms with Crippen LogP contribution in [0.3, 0.4) is 0 Å². The molecule has 0 fully saturated rings. The molecule has 0 saturated heterocycles. The van der Waals surface area contributed by atoms with Crippen LogP contribution in [0.25, 0.3) is 11.3 Å². The van der Waals surface area contributed by atoms with Crippen molar-refractivity contribution in [3.8, 4) is 22.8 Å². The fraction of sp³-hybridized carbons (Fsp3) is 0.370. The van der Waals surface area contributed by atoms with Crippen LogP contribution in [0.1, 0.15) is 35.5 Å². The van der Waals surface area contributed by atoms with Crippen LogP contribution in [0.15, 0.2) is 42.5 Å². The second-order valence-corrected chi connectivity index (χ2v) is 12.3. The second-order valence-electron chi connectivity index (χ2n) is 10.1. The van der Waals surface area contributed by atoms with E-state index in [1.165, 1.54) is 41.1 Å². The lowest BCUT2D eigenvalue weighted by Crippen LogP contribution is -2.52. The van der Waals surface area contributed by atoms with E-state index in [9.17, 15) is 40.0 Å². The minimum Gasteiger partial charge on any atom is -0.484 e. The Morgan fingerprint density at radius 1 is 1.16 bits per heavy atom. The molecule has 0 bridgehead atoms. The smallest absolute Gasteiger partial charge is 0.422 e. The Labute approximate surface area is 243 Å². The van der Waals surface area contributed by atoms with Crippen LogP contribution in [0.4, 0.5) is 27.6 Å². The molecular formula is C27H27F5N4O6S. The lowest BCUT2D eigenvalue weighted by Gasteiger charge is -2.37. The number of hydrogen-bond donors (Lipinski definition) is 2. The third kappa shape index (κ3) is 7.60. The molecule has 16 heteroatoms. The lowest BCUT2D eigenvalue weighted by molar-refractivity contribution is -0.153. The second kappa shape index (κ2) is 11.8. The maximum atomic E-state index is 13.6. The first-order chi connectivity index (χ1) is 20.0. The lowest BCUT2D eigenvalue weighted by atomic mass is 9.85. The van der Waals surface area contributed by atoms with Gasteiger partial charge in [0.15, 0.2) is 22.1 Å². The van der Waals surface area contributed by atoms with E-state index in [0.29, 0.717) is 23.1 Å². The summed E-state index contributed by atoms with van der Waals surface area (Å²) in [5.74, 6) is -2.63. The average molecular weight is 631 g/mol. The van der Waals surface area contributed by atoms with Crippen molar-refractivity contribution in [3.63, 3.8) is 0 Å². The van der Waals surface area contributed by atoms with Gasteiger partial charge in [-0.15, -0.1) is 0 Å². The van der Waals surface area contributed by atoms with Crippen molar-refractivity contribution in [2.45, 2.75) is 45.1 Å². The van der Waals surface area contributed by atoms with Crippen molar-refractivity contribution in [3.05, 3.63) is 59.3 Å². The Balaban J connectivity index is 1.75. The molecule has 1 aliphatic rings. The van der Waals surface area contributed by atoms with E-state index in [4.69, 9.17) is 4.74 Å². The van der Waals surface area contributed by atoms with E-state index in [1.54, 1.807) is 19.9 Å². The number of aryl methyl sites for hydroxylation is 1. The molecule has 0 radical (unpaired) electrons. The molecule has 2 heterocycles. The largest absolute Gasteiger partial charge is 0.484 e. The zero-order valence-electron chi connectivity index (χ0n) is 23.1. The fourth-order valence-electron chi connectivity index (χ4n) is 4.79. The van der Waals surface area contributed by atoms with Gasteiger partial charge in [-0.3, -0.25) is 14.3 Å². The number of nitrogens with zero attached hydrogens (tertiary/aromatic N) is 2. The average Bonchev–Trinajstić information content (AvgIpc) is 3.23. The third-order valence-corrected chi connectivity index (χ3v) is 7.27. The molecule has 0 unspecified atom stereocenters. The summed E-state index contributed by atoms with van der Waals surface area (Å²) in [6, 6.07) is 9.61. The maximum Gasteiger partial charge on any atom is 0.422 e. The van der Waals surface area contributed by atoms with Crippen molar-refractivity contribution < 1.29 is 49.4 Å². The summed E-state index contributed by atoms with van der Waals surface area (Å²) in [6.07, 6.45) is -3.26. The molecule has 43 heavy (non-hydrogen) atoms. The summed E-state index contributed by atoms with van der Waals surface area (Å²) in [6.45, 7) is -1.04. The van der Waals surface area contributed by atoms with Crippen LogP contribution in [0.2, 0.25) is 0 Å². The van der Waals surface area contributed by atoms with Gasteiger partial charge in [-0.1, -0.05) is 13.0 Å². The van der Waals surface area contributed by atoms with Gasteiger partial charge < -0.3 is 20.1 Å². The monoisotopic (exact) mass is 630 g/mol. The Hall–Kier alpha value is -4.21. The van der Waals surface area contributed by atoms with Crippen molar-refractivity contribution in [2.24, 2.45) is 0 Å². The minimum absolute atomic E-state index is 0.000804. The summed E-state index contributed by atoms with van der Waals surface area (Å²) >= 11 is 0. The Morgan fingerprint density at radius 2 is 1.81 bits per heavy atom. The SMILES string of the molecule is CCc1cc(OCC(F)(F)F)ccc1[C@@]1(C)Cn2nc(-c3ccc(OC(F)F)cc3)c(NC(=O)CS(C)(=O)=O)c2C(=O)N1. The molecule has 2 amide bonds. The molecular weight excluding hydrogens is 603 g/mol. The first kappa shape index (κ1) is 31.7. The van der Waals surface area contributed by atoms with E-state index in [-0.39, 0.29) is 35.1 Å². The third-order valence-electron chi connectivity index (χ3n) is 6.49. The van der Waals surface area contributed by atoms with Crippen molar-refractivity contribution in [2.75, 3.05) is 23.9 Å². The first-order valence-corrected chi connectivity index (χ1v) is 14.8. The number of hydrogen-bond acceptors (Lipinski definition) is 7. The van der Waals surface area contributed by atoms with Crippen LogP contribution >= 0.6 is 0 Å². The minimum atomic E-state index is -4.52. The standard InChI is InChI=1S/C27H27F5N4O6S/c1-4-15-11-18(41-14-27(30,31)32)9-10-19(15)26(2)13-36-23(24(38)34-26)22(33-20(37)12-43(3,39)40)21(35-36)16-5-7-17(8-6-16)42-25(28)29/h5-11,25H,4,12-14H2,1-3H3,(H,33,37)(H,34,38)/t26-/m1/s1. The normalized spacial score (nSPS) is 16.9. The Kier molecular flexibility index (Phi) is 8.72. The van der Waals surface area contributed by atoms with Gasteiger partial charge in [0.1, 0.15) is 28.6 Å². The van der Waals surface area contributed by atoms with Crippen LogP contribution in [-0.4, -0.2) is 61.4 Å². The van der Waals surface area contributed by atoms with Gasteiger partial charge in [0, 0.05) is 11.8 Å². The van der Waals surface area contributed by atoms with E-state index in [1.807, 2.05) is 0 Å². The number of fused-ring (bicyclic) bond motifs is 1. The summed E-state index contributed by atoms with van der Waals surface area (Å²) in [7, 11) is -3.73. The van der Waals surface area contributed by atoms with E-state index in [2.05, 4.69) is 20.5 Å². The highest BCUT2D eigenvalue weighted by Crippen LogP contribution is 2.38. The number of ether oxygens (including phenoxy) is 2. The summed E-state index contributed by atoms with van der Waals surface area (Å²) in [4.78, 5) is 26.2. The molecule has 2 N–H and O–H groups in total. The van der Waals surface area contributed by atoms with Gasteiger partial charge in [0.25, 0.3) is 5.91 Å². The highest BCUT2D eigenvalue weighted by molar-refractivity contribution is 7.91. The zero-order chi connectivity index (χ0) is 31.7. The number of nitrogens with one attached hydrogen (secondary N) is 2. The highest BCUT2D eigenvalue weighted by Gasteiger charge is 2.41. The van der Waals surface area contributed by atoms with Crippen LogP contribution < -0.4 is 20.1 Å². The van der Waals surface area contributed by atoms with E-state index >= 15 is 0 Å². The van der Waals surface area contributed by atoms with Gasteiger partial charge in [-0.2, -0.15) is 27.1 Å². The number of rotatable bonds is 10. The predicted octanol–water partition coefficient (Wildman–Crippen LogP) is 4.30. The van der Waals surface area contributed by atoms with Crippen LogP contribution in [0.5, 0.6) is 11.5 Å². The zero-order valence-corrected chi connectivity index (χ0v) is 23.9. The predicted molar refractivity (Wildman–Crippen MR) is 145 cm³/mol. The van der Waals surface area contributed by atoms with Gasteiger partial charge in [-0.05, 0) is 60.9 Å². The maximum absolute atomic E-state index is 13.6. The molecule has 1 aliphatic heterocycles. The molecule has 3 aromatic rings. The molecule has 2 aromatic carbocycles. The highest BCUT2D eigenvalue weighted by atomic mass is 32.2. The van der Waals surface area contributed by atoms with Crippen molar-refractivity contribution in [1.82, 2.24) is 15.1 Å². The number of alkyl halides is 5. The molecule has 0 aliphatic carbocycles. The number of carbonyl (C=O) groups excluding carboxylic acids is 2.